The van der Waals surface area contributed by atoms with E-state index in [9.17, 15) is 0 Å². The first kappa shape index (κ1) is 15.0. The molecule has 4 heteroatoms. The van der Waals surface area contributed by atoms with Crippen LogP contribution in [0.5, 0.6) is 0 Å². The lowest BCUT2D eigenvalue weighted by Gasteiger charge is -2.16. The average Bonchev–Trinajstić information content (AvgIpc) is 2.70. The van der Waals surface area contributed by atoms with E-state index in [0.717, 1.165) is 22.5 Å². The van der Waals surface area contributed by atoms with Gasteiger partial charge in [0.25, 0.3) is 0 Å². The molecule has 4 aromatic rings. The quantitative estimate of drug-likeness (QED) is 0.516. The molecule has 0 amide bonds. The second-order valence-electron chi connectivity index (χ2n) is 5.52. The molecule has 0 radical (unpaired) electrons. The van der Waals surface area contributed by atoms with Gasteiger partial charge in [-0.1, -0.05) is 72.9 Å². The van der Waals surface area contributed by atoms with Crippen molar-refractivity contribution < 1.29 is 4.68 Å². The fourth-order valence-corrected chi connectivity index (χ4v) is 2.56. The molecular formula is C21H16N4. The third kappa shape index (κ3) is 3.38. The van der Waals surface area contributed by atoms with Crippen molar-refractivity contribution in [2.24, 2.45) is 0 Å². The van der Waals surface area contributed by atoms with Crippen molar-refractivity contribution in [2.45, 2.75) is 0 Å². The fourth-order valence-electron chi connectivity index (χ4n) is 2.56. The molecule has 0 atom stereocenters. The summed E-state index contributed by atoms with van der Waals surface area (Å²) in [5, 5.41) is 0. The van der Waals surface area contributed by atoms with Crippen LogP contribution in [0.4, 0.5) is 5.82 Å². The zero-order valence-corrected chi connectivity index (χ0v) is 13.5. The number of pyridine rings is 1. The number of hydrogen-bond donors (Lipinski definition) is 0. The molecule has 25 heavy (non-hydrogen) atoms. The number of rotatable bonds is 4. The summed E-state index contributed by atoms with van der Waals surface area (Å²) in [7, 11) is 0. The van der Waals surface area contributed by atoms with Gasteiger partial charge in [0.2, 0.25) is 0 Å². The van der Waals surface area contributed by atoms with Crippen LogP contribution in [0.15, 0.2) is 97.5 Å². The van der Waals surface area contributed by atoms with Crippen molar-refractivity contribution >= 4 is 5.82 Å². The zero-order chi connectivity index (χ0) is 16.9. The average molecular weight is 324 g/mol. The lowest BCUT2D eigenvalue weighted by molar-refractivity contribution is -0.619. The number of aromatic nitrogens is 3. The highest BCUT2D eigenvalue weighted by Crippen LogP contribution is 2.30. The van der Waals surface area contributed by atoms with Gasteiger partial charge in [-0.25, -0.2) is 4.98 Å². The maximum Gasteiger partial charge on any atom is 0.182 e. The highest BCUT2D eigenvalue weighted by Gasteiger charge is 2.08. The van der Waals surface area contributed by atoms with E-state index < -0.39 is 0 Å². The Labute approximate surface area is 146 Å². The van der Waals surface area contributed by atoms with E-state index in [0.29, 0.717) is 5.82 Å². The van der Waals surface area contributed by atoms with Crippen LogP contribution in [0.3, 0.4) is 0 Å². The summed E-state index contributed by atoms with van der Waals surface area (Å²) in [4.78, 5) is 9.42. The van der Waals surface area contributed by atoms with Crippen LogP contribution in [0.25, 0.3) is 27.9 Å². The van der Waals surface area contributed by atoms with E-state index in [4.69, 9.17) is 4.98 Å². The fraction of sp³-hybridized carbons (Fsp3) is 0. The minimum atomic E-state index is 0.585. The van der Waals surface area contributed by atoms with Gasteiger partial charge in [-0.3, -0.25) is 0 Å². The summed E-state index contributed by atoms with van der Waals surface area (Å²) in [5.41, 5.74) is 8.21. The van der Waals surface area contributed by atoms with Gasteiger partial charge >= 0.3 is 0 Å². The van der Waals surface area contributed by atoms with Gasteiger partial charge in [0.05, 0.1) is 11.4 Å². The maximum absolute atomic E-state index is 4.84. The molecule has 0 unspecified atom stereocenters. The molecule has 0 spiro atoms. The van der Waals surface area contributed by atoms with E-state index in [-0.39, 0.29) is 0 Å². The monoisotopic (exact) mass is 324 g/mol. The van der Waals surface area contributed by atoms with Crippen molar-refractivity contribution in [1.82, 2.24) is 9.97 Å². The number of hydrogen-bond acceptors (Lipinski definition) is 2. The topological polar surface area (TPSA) is 43.8 Å². The van der Waals surface area contributed by atoms with E-state index >= 15 is 0 Å². The van der Waals surface area contributed by atoms with Crippen LogP contribution in [0.1, 0.15) is 0 Å². The molecule has 0 saturated heterocycles. The van der Waals surface area contributed by atoms with Gasteiger partial charge in [-0.2, -0.15) is 10.1 Å². The van der Waals surface area contributed by atoms with E-state index in [1.54, 1.807) is 10.9 Å². The maximum atomic E-state index is 4.84. The van der Waals surface area contributed by atoms with Gasteiger partial charge in [-0.05, 0) is 5.56 Å². The third-order valence-electron chi connectivity index (χ3n) is 3.78. The van der Waals surface area contributed by atoms with Crippen LogP contribution in [0.2, 0.25) is 0 Å². The van der Waals surface area contributed by atoms with Crippen LogP contribution < -0.4 is 4.68 Å². The highest BCUT2D eigenvalue weighted by molar-refractivity contribution is 5.74. The van der Waals surface area contributed by atoms with Gasteiger partial charge in [0, 0.05) is 23.5 Å². The molecular weight excluding hydrogens is 308 g/mol. The van der Waals surface area contributed by atoms with Crippen molar-refractivity contribution in [3.8, 4) is 22.5 Å². The largest absolute Gasteiger partial charge is 0.435 e. The van der Waals surface area contributed by atoms with Gasteiger partial charge in [-0.15, -0.1) is 0 Å². The predicted molar refractivity (Wildman–Crippen MR) is 98.0 cm³/mol. The Morgan fingerprint density at radius 3 is 1.96 bits per heavy atom. The summed E-state index contributed by atoms with van der Waals surface area (Å²) in [5.74, 6) is 0.585. The Morgan fingerprint density at radius 1 is 0.680 bits per heavy atom. The van der Waals surface area contributed by atoms with Crippen LogP contribution in [0, 0.1) is 0 Å². The number of benzene rings is 2. The Morgan fingerprint density at radius 2 is 1.28 bits per heavy atom. The molecule has 0 saturated carbocycles. The second-order valence-corrected chi connectivity index (χ2v) is 5.52. The van der Waals surface area contributed by atoms with Crippen molar-refractivity contribution in [2.75, 3.05) is 0 Å². The van der Waals surface area contributed by atoms with Crippen LogP contribution in [-0.4, -0.2) is 9.97 Å². The summed E-state index contributed by atoms with van der Waals surface area (Å²) >= 11 is 0. The van der Waals surface area contributed by atoms with Crippen molar-refractivity contribution in [3.63, 3.8) is 0 Å². The second kappa shape index (κ2) is 6.93. The summed E-state index contributed by atoms with van der Waals surface area (Å²) in [6.45, 7) is 0. The van der Waals surface area contributed by atoms with Crippen molar-refractivity contribution in [1.29, 1.82) is 0 Å². The normalized spacial score (nSPS) is 10.4. The Hall–Kier alpha value is -3.53. The van der Waals surface area contributed by atoms with Crippen LogP contribution in [-0.2, 0) is 0 Å². The molecule has 4 rings (SSSR count). The van der Waals surface area contributed by atoms with E-state index in [2.05, 4.69) is 10.4 Å². The molecule has 120 valence electrons. The minimum Gasteiger partial charge on any atom is -0.435 e. The predicted octanol–water partition coefficient (Wildman–Crippen LogP) is 4.57. The molecule has 2 aromatic heterocycles. The Balaban J connectivity index is 1.81. The zero-order valence-electron chi connectivity index (χ0n) is 13.5. The summed E-state index contributed by atoms with van der Waals surface area (Å²) in [6, 6.07) is 25.9. The Bertz CT molecular complexity index is 955. The molecule has 2 aromatic carbocycles. The first-order valence-corrected chi connectivity index (χ1v) is 8.06. The molecule has 0 aliphatic rings. The first-order chi connectivity index (χ1) is 12.4. The molecule has 0 aliphatic heterocycles. The summed E-state index contributed by atoms with van der Waals surface area (Å²) < 4.78 is 1.73. The number of nitrogens with zero attached hydrogens (tertiary/aromatic N) is 4. The van der Waals surface area contributed by atoms with Gasteiger partial charge < -0.3 is 4.98 Å². The summed E-state index contributed by atoms with van der Waals surface area (Å²) in [6.07, 6.45) is 5.52. The van der Waals surface area contributed by atoms with E-state index in [1.165, 1.54) is 0 Å². The van der Waals surface area contributed by atoms with Gasteiger partial charge in [0.15, 0.2) is 12.4 Å². The third-order valence-corrected chi connectivity index (χ3v) is 3.78. The molecule has 0 aliphatic carbocycles. The van der Waals surface area contributed by atoms with Crippen molar-refractivity contribution in [3.05, 3.63) is 103 Å². The molecule has 0 bridgehead atoms. The lowest BCUT2D eigenvalue weighted by atomic mass is 10.1. The molecule has 2 heterocycles. The molecule has 0 N–H and O–H groups in total. The molecule has 0 fully saturated rings. The molecule has 4 nitrogen and oxygen atoms in total. The van der Waals surface area contributed by atoms with Gasteiger partial charge in [0.1, 0.15) is 0 Å². The smallest absolute Gasteiger partial charge is 0.182 e. The first-order valence-electron chi connectivity index (χ1n) is 8.06. The standard InChI is InChI=1S/C21H16N4/c1-4-10-17(11-5-1)19-16-22-21(24-25-14-8-3-9-15-25)20(23-19)18-12-6-2-7-13-18/h1-16H. The lowest BCUT2D eigenvalue weighted by Crippen LogP contribution is -2.26. The Kier molecular flexibility index (Phi) is 4.16. The van der Waals surface area contributed by atoms with E-state index in [1.807, 2.05) is 91.3 Å². The van der Waals surface area contributed by atoms with Crippen LogP contribution >= 0.6 is 0 Å². The highest BCUT2D eigenvalue weighted by atomic mass is 15.4. The minimum absolute atomic E-state index is 0.585. The SMILES string of the molecule is c1ccc(-c2cnc([N-][n+]3ccccc3)c(-c3ccccc3)n2)cc1.